The third kappa shape index (κ3) is 8.80. The van der Waals surface area contributed by atoms with Gasteiger partial charge in [0.25, 0.3) is 11.8 Å². The summed E-state index contributed by atoms with van der Waals surface area (Å²) in [7, 11) is 0. The summed E-state index contributed by atoms with van der Waals surface area (Å²) in [6, 6.07) is 10.6. The van der Waals surface area contributed by atoms with E-state index in [1.165, 1.54) is 0 Å². The quantitative estimate of drug-likeness (QED) is 0.235. The van der Waals surface area contributed by atoms with E-state index in [1.54, 1.807) is 18.2 Å². The molecule has 1 aliphatic carbocycles. The van der Waals surface area contributed by atoms with Crippen molar-refractivity contribution in [1.82, 2.24) is 40.4 Å². The van der Waals surface area contributed by atoms with Gasteiger partial charge >= 0.3 is 0 Å². The van der Waals surface area contributed by atoms with Gasteiger partial charge in [-0.1, -0.05) is 13.8 Å². The first-order chi connectivity index (χ1) is 30.4. The minimum absolute atomic E-state index is 0. The molecule has 1 unspecified atom stereocenters. The van der Waals surface area contributed by atoms with Crippen LogP contribution in [0.4, 0.5) is 10.1 Å². The Morgan fingerprint density at radius 3 is 2.38 bits per heavy atom. The number of nitrogens with zero attached hydrogens (tertiary/aromatic N) is 7. The van der Waals surface area contributed by atoms with Gasteiger partial charge in [-0.05, 0) is 101 Å². The van der Waals surface area contributed by atoms with Gasteiger partial charge in [-0.15, -0.1) is 0 Å². The fourth-order valence-electron chi connectivity index (χ4n) is 10.1. The lowest BCUT2D eigenvalue weighted by atomic mass is 9.89. The number of ether oxygens (including phenoxy) is 1. The number of imide groups is 2. The molecule has 15 nitrogen and oxygen atoms in total. The molecule has 4 saturated heterocycles. The van der Waals surface area contributed by atoms with Gasteiger partial charge in [0, 0.05) is 91.1 Å². The van der Waals surface area contributed by atoms with E-state index >= 15 is 4.39 Å². The second-order valence-electron chi connectivity index (χ2n) is 18.6. The van der Waals surface area contributed by atoms with E-state index in [4.69, 9.17) is 9.73 Å². The lowest BCUT2D eigenvalue weighted by Crippen LogP contribution is -2.55. The first kappa shape index (κ1) is 42.9. The molecule has 3 N–H and O–H groups in total. The molecule has 0 bridgehead atoms. The van der Waals surface area contributed by atoms with Crippen LogP contribution < -0.4 is 20.3 Å². The number of piperazine rings is 1. The van der Waals surface area contributed by atoms with Crippen LogP contribution in [-0.2, 0) is 9.59 Å². The number of carbonyl (C=O) groups excluding carboxylic acids is 4. The first-order valence-electron chi connectivity index (χ1n) is 23.1. The SMILES string of the molecule is CC.C[C@H]1CN(C2=NCNC(c3n[nH]c4ccc(OC5(C)CC5)cc34)=C2)CCN1CC1CCN(CC2(F)CCN(c3ccc4c(c3)C(=O)N(C3CCC(=O)NC3=O)C4=O)CC2)CC1.[HH].[HH]. The van der Waals surface area contributed by atoms with Gasteiger partial charge in [0.2, 0.25) is 11.8 Å². The van der Waals surface area contributed by atoms with Gasteiger partial charge < -0.3 is 24.8 Å². The summed E-state index contributed by atoms with van der Waals surface area (Å²) in [4.78, 5) is 65.9. The zero-order valence-corrected chi connectivity index (χ0v) is 37.1. The molecule has 63 heavy (non-hydrogen) atoms. The number of benzene rings is 2. The van der Waals surface area contributed by atoms with Crippen LogP contribution in [0.25, 0.3) is 16.6 Å². The predicted molar refractivity (Wildman–Crippen MR) is 244 cm³/mol. The van der Waals surface area contributed by atoms with Crippen molar-refractivity contribution in [3.05, 3.63) is 59.3 Å². The van der Waals surface area contributed by atoms with Crippen molar-refractivity contribution < 1.29 is 31.2 Å². The number of piperidine rings is 3. The van der Waals surface area contributed by atoms with E-state index < -0.39 is 35.3 Å². The Morgan fingerprint density at radius 2 is 1.65 bits per heavy atom. The molecule has 1 aromatic heterocycles. The van der Waals surface area contributed by atoms with Crippen LogP contribution in [0.15, 0.2) is 47.5 Å². The number of amides is 4. The maximum atomic E-state index is 16.4. The highest BCUT2D eigenvalue weighted by atomic mass is 19.1. The number of hydrogen-bond acceptors (Lipinski definition) is 12. The predicted octanol–water partition coefficient (Wildman–Crippen LogP) is 5.44. The van der Waals surface area contributed by atoms with Crippen molar-refractivity contribution in [2.75, 3.05) is 70.5 Å². The number of fused-ring (bicyclic) bond motifs is 2. The van der Waals surface area contributed by atoms with Crippen molar-refractivity contribution in [3.8, 4) is 5.75 Å². The molecule has 0 spiro atoms. The highest BCUT2D eigenvalue weighted by molar-refractivity contribution is 6.23. The lowest BCUT2D eigenvalue weighted by molar-refractivity contribution is -0.136. The van der Waals surface area contributed by atoms with Crippen molar-refractivity contribution >= 4 is 51.8 Å². The van der Waals surface area contributed by atoms with Gasteiger partial charge in [0.1, 0.15) is 41.3 Å². The number of aliphatic imine (C=N–C) groups is 1. The molecule has 5 fully saturated rings. The molecular formula is C47H65FN10O5. The maximum absolute atomic E-state index is 16.4. The van der Waals surface area contributed by atoms with E-state index in [-0.39, 0.29) is 32.4 Å². The number of carbonyl (C=O) groups is 4. The summed E-state index contributed by atoms with van der Waals surface area (Å²) in [5.41, 5.74) is 2.74. The minimum atomic E-state index is -1.29. The average molecular weight is 869 g/mol. The van der Waals surface area contributed by atoms with Gasteiger partial charge in [-0.3, -0.25) is 39.4 Å². The van der Waals surface area contributed by atoms with Crippen LogP contribution in [0.5, 0.6) is 5.75 Å². The lowest BCUT2D eigenvalue weighted by Gasteiger charge is -2.44. The van der Waals surface area contributed by atoms with Gasteiger partial charge in [0.15, 0.2) is 0 Å². The molecule has 1 saturated carbocycles. The second kappa shape index (κ2) is 17.3. The van der Waals surface area contributed by atoms with Crippen LogP contribution in [0, 0.1) is 5.92 Å². The number of likely N-dealkylation sites (tertiary alicyclic amines) is 1. The van der Waals surface area contributed by atoms with E-state index in [9.17, 15) is 19.2 Å². The number of hydrogen-bond donors (Lipinski definition) is 3. The maximum Gasteiger partial charge on any atom is 0.262 e. The second-order valence-corrected chi connectivity index (χ2v) is 18.6. The Morgan fingerprint density at radius 1 is 0.889 bits per heavy atom. The number of amidine groups is 1. The standard InChI is InChI=1S/C45H55FN10O5.C2H6.2H2/c1-28-24-55(38-23-36(47-27-48-38)40-34-22-31(61-44(2)11-12-44)4-6-35(34)50-51-40)20-19-54(28)25-29-9-15-52(16-10-29)26-45(46)13-17-53(18-14-45)30-3-5-32-33(21-30)43(60)56(42(32)59)37-7-8-39(57)49-41(37)58;1-2;;/h3-6,21-23,28-29,37,47H,7-20,24-27H2,1-2H3,(H,50,51)(H,49,57,58);1-2H3;2*1H/t28-,37?;;;/m0.../s1. The summed E-state index contributed by atoms with van der Waals surface area (Å²) in [6.45, 7) is 16.0. The van der Waals surface area contributed by atoms with Crippen molar-refractivity contribution in [3.63, 3.8) is 0 Å². The number of rotatable bonds is 9. The van der Waals surface area contributed by atoms with Crippen LogP contribution in [0.2, 0.25) is 0 Å². The summed E-state index contributed by atoms with van der Waals surface area (Å²) in [6.07, 6.45) is 7.36. The van der Waals surface area contributed by atoms with Gasteiger partial charge in [-0.2, -0.15) is 5.10 Å². The van der Waals surface area contributed by atoms with E-state index in [0.717, 1.165) is 109 Å². The molecule has 10 rings (SSSR count). The molecule has 2 atom stereocenters. The van der Waals surface area contributed by atoms with E-state index in [0.29, 0.717) is 51.1 Å². The molecule has 16 heteroatoms. The fourth-order valence-corrected chi connectivity index (χ4v) is 10.1. The Hall–Kier alpha value is -5.35. The minimum Gasteiger partial charge on any atom is -0.488 e. The zero-order chi connectivity index (χ0) is 44.0. The largest absolute Gasteiger partial charge is 0.488 e. The Balaban J connectivity index is 0.00000155. The molecule has 6 aliphatic heterocycles. The van der Waals surface area contributed by atoms with E-state index in [1.807, 2.05) is 26.0 Å². The molecule has 4 amide bonds. The third-order valence-corrected chi connectivity index (χ3v) is 14.1. The Kier molecular flexibility index (Phi) is 11.8. The molecule has 3 aromatic rings. The molecular weight excluding hydrogens is 804 g/mol. The number of halogens is 1. The Labute approximate surface area is 371 Å². The summed E-state index contributed by atoms with van der Waals surface area (Å²) < 4.78 is 22.6. The summed E-state index contributed by atoms with van der Waals surface area (Å²) in [5, 5.41) is 14.6. The number of aromatic amines is 1. The number of alkyl halides is 1. The molecule has 340 valence electrons. The molecule has 7 aliphatic rings. The summed E-state index contributed by atoms with van der Waals surface area (Å²) >= 11 is 0. The van der Waals surface area contributed by atoms with E-state index in [2.05, 4.69) is 66.4 Å². The molecule has 7 heterocycles. The van der Waals surface area contributed by atoms with Crippen molar-refractivity contribution in [2.24, 2.45) is 10.9 Å². The van der Waals surface area contributed by atoms with Crippen LogP contribution in [-0.4, -0.2) is 148 Å². The monoisotopic (exact) mass is 869 g/mol. The topological polar surface area (TPSA) is 159 Å². The number of H-pyrrole nitrogens is 1. The highest BCUT2D eigenvalue weighted by Gasteiger charge is 2.45. The van der Waals surface area contributed by atoms with Crippen LogP contribution >= 0.6 is 0 Å². The fraction of sp³-hybridized carbons (Fsp3) is 0.574. The average Bonchev–Trinajstić information content (AvgIpc) is 3.77. The molecule has 0 radical (unpaired) electrons. The highest BCUT2D eigenvalue weighted by Crippen LogP contribution is 2.41. The Bertz CT molecular complexity index is 2340. The first-order valence-corrected chi connectivity index (χ1v) is 23.1. The third-order valence-electron chi connectivity index (χ3n) is 14.1. The van der Waals surface area contributed by atoms with Crippen LogP contribution in [0.1, 0.15) is 108 Å². The number of anilines is 1. The van der Waals surface area contributed by atoms with Gasteiger partial charge in [0.05, 0.1) is 22.3 Å². The number of aromatic nitrogens is 2. The summed E-state index contributed by atoms with van der Waals surface area (Å²) in [5.74, 6) is 0.349. The van der Waals surface area contributed by atoms with Crippen LogP contribution in [0.3, 0.4) is 0 Å². The molecule has 2 aromatic carbocycles. The number of nitrogens with one attached hydrogen (secondary N) is 3. The van der Waals surface area contributed by atoms with Crippen molar-refractivity contribution in [1.29, 1.82) is 0 Å². The zero-order valence-electron chi connectivity index (χ0n) is 37.1. The normalized spacial score (nSPS) is 25.2. The van der Waals surface area contributed by atoms with Crippen molar-refractivity contribution in [2.45, 2.75) is 102 Å². The smallest absolute Gasteiger partial charge is 0.262 e. The van der Waals surface area contributed by atoms with Gasteiger partial charge in [-0.25, -0.2) is 9.38 Å².